The molecule has 2 atom stereocenters. The number of carboxylic acids is 1. The molecular formula is C27H29F3N5O5S-. The first kappa shape index (κ1) is 30.2. The number of aromatic nitrogens is 3. The van der Waals surface area contributed by atoms with E-state index in [1.165, 1.54) is 13.1 Å². The molecular weight excluding hydrogens is 563 g/mol. The Morgan fingerprint density at radius 2 is 1.90 bits per heavy atom. The predicted octanol–water partition coefficient (Wildman–Crippen LogP) is 4.40. The number of hydrogen-bond acceptors (Lipinski definition) is 10. The number of halogens is 3. The number of carbonyl (C=O) groups excluding carboxylic acids is 2. The van der Waals surface area contributed by atoms with Gasteiger partial charge in [0.25, 0.3) is 0 Å². The van der Waals surface area contributed by atoms with Crippen molar-refractivity contribution >= 4 is 35.0 Å². The van der Waals surface area contributed by atoms with Crippen molar-refractivity contribution in [1.29, 1.82) is 0 Å². The maximum absolute atomic E-state index is 13.1. The minimum Gasteiger partial charge on any atom is -0.548 e. The normalized spacial score (nSPS) is 21.4. The van der Waals surface area contributed by atoms with Gasteiger partial charge in [-0.15, -0.1) is 11.3 Å². The number of rotatable bonds is 5. The van der Waals surface area contributed by atoms with Crippen LogP contribution in [0.2, 0.25) is 0 Å². The number of anilines is 2. The molecule has 3 aromatic rings. The number of amides is 1. The third-order valence-electron chi connectivity index (χ3n) is 6.50. The van der Waals surface area contributed by atoms with Gasteiger partial charge in [-0.25, -0.2) is 19.7 Å². The number of alkyl halides is 3. The van der Waals surface area contributed by atoms with Gasteiger partial charge in [0.1, 0.15) is 21.9 Å². The Kier molecular flexibility index (Phi) is 7.78. The number of piperidine rings is 1. The highest BCUT2D eigenvalue weighted by atomic mass is 32.1. The smallest absolute Gasteiger partial charge is 0.433 e. The van der Waals surface area contributed by atoms with Crippen molar-refractivity contribution in [2.45, 2.75) is 70.4 Å². The number of benzene rings is 1. The van der Waals surface area contributed by atoms with Crippen LogP contribution < -0.4 is 10.4 Å². The zero-order valence-electron chi connectivity index (χ0n) is 23.0. The Labute approximate surface area is 238 Å². The Hall–Kier alpha value is -3.78. The molecule has 1 aliphatic rings. The Bertz CT molecular complexity index is 1470. The number of carboxylic acid groups (broad SMARTS) is 1. The lowest BCUT2D eigenvalue weighted by atomic mass is 9.78. The molecule has 0 saturated carbocycles. The molecule has 3 heterocycles. The van der Waals surface area contributed by atoms with Crippen molar-refractivity contribution < 1.29 is 37.7 Å². The van der Waals surface area contributed by atoms with Crippen molar-refractivity contribution in [2.24, 2.45) is 0 Å². The lowest BCUT2D eigenvalue weighted by molar-refractivity contribution is -0.322. The summed E-state index contributed by atoms with van der Waals surface area (Å²) in [6.07, 6.45) is -3.27. The molecule has 1 amide bonds. The van der Waals surface area contributed by atoms with Gasteiger partial charge in [-0.1, -0.05) is 6.07 Å². The van der Waals surface area contributed by atoms with Gasteiger partial charge in [0.05, 0.1) is 16.4 Å². The van der Waals surface area contributed by atoms with Gasteiger partial charge in [0, 0.05) is 37.5 Å². The number of carbonyl (C=O) groups is 2. The number of likely N-dealkylation sites (tertiary alicyclic amines) is 1. The van der Waals surface area contributed by atoms with Gasteiger partial charge >= 0.3 is 12.3 Å². The number of thiazole rings is 1. The van der Waals surface area contributed by atoms with E-state index in [2.05, 4.69) is 20.3 Å². The molecule has 1 aromatic carbocycles. The van der Waals surface area contributed by atoms with E-state index in [4.69, 9.17) is 4.74 Å². The maximum Gasteiger partial charge on any atom is 0.433 e. The summed E-state index contributed by atoms with van der Waals surface area (Å²) >= 11 is 1.14. The third-order valence-corrected chi connectivity index (χ3v) is 7.74. The summed E-state index contributed by atoms with van der Waals surface area (Å²) in [5.74, 6) is -1.77. The van der Waals surface area contributed by atoms with Crippen molar-refractivity contribution in [3.8, 4) is 10.4 Å². The van der Waals surface area contributed by atoms with E-state index in [9.17, 15) is 33.0 Å². The molecule has 1 saturated heterocycles. The van der Waals surface area contributed by atoms with Crippen LogP contribution in [0.25, 0.3) is 10.4 Å². The summed E-state index contributed by atoms with van der Waals surface area (Å²) in [5, 5.41) is 26.8. The zero-order chi connectivity index (χ0) is 30.4. The Balaban J connectivity index is 1.59. The molecule has 0 bridgehead atoms. The van der Waals surface area contributed by atoms with Crippen molar-refractivity contribution in [2.75, 3.05) is 11.9 Å². The van der Waals surface area contributed by atoms with Crippen LogP contribution in [-0.2, 0) is 21.3 Å². The Morgan fingerprint density at radius 3 is 2.54 bits per heavy atom. The molecule has 2 aromatic heterocycles. The number of hydrogen-bond donors (Lipinski definition) is 2. The molecule has 2 unspecified atom stereocenters. The van der Waals surface area contributed by atoms with Gasteiger partial charge in [-0.2, -0.15) is 13.2 Å². The van der Waals surface area contributed by atoms with Crippen LogP contribution >= 0.6 is 11.3 Å². The predicted molar refractivity (Wildman–Crippen MR) is 142 cm³/mol. The van der Waals surface area contributed by atoms with Gasteiger partial charge in [-0.05, 0) is 63.9 Å². The first-order valence-corrected chi connectivity index (χ1v) is 13.4. The first-order chi connectivity index (χ1) is 18.9. The molecule has 1 fully saturated rings. The molecule has 4 rings (SSSR count). The highest BCUT2D eigenvalue weighted by Gasteiger charge is 2.51. The fraction of sp³-hybridized carbons (Fsp3) is 0.444. The van der Waals surface area contributed by atoms with Crippen LogP contribution in [0.15, 0.2) is 36.7 Å². The van der Waals surface area contributed by atoms with E-state index in [1.54, 1.807) is 39.8 Å². The second kappa shape index (κ2) is 10.6. The largest absolute Gasteiger partial charge is 0.548 e. The second-order valence-electron chi connectivity index (χ2n) is 11.2. The second-order valence-corrected chi connectivity index (χ2v) is 12.2. The molecule has 220 valence electrons. The average molecular weight is 593 g/mol. The van der Waals surface area contributed by atoms with Crippen LogP contribution in [-0.4, -0.2) is 54.7 Å². The number of ether oxygens (including phenoxy) is 1. The first-order valence-electron chi connectivity index (χ1n) is 12.6. The van der Waals surface area contributed by atoms with Crippen molar-refractivity contribution in [3.05, 3.63) is 52.9 Å². The van der Waals surface area contributed by atoms with Gasteiger partial charge < -0.3 is 25.1 Å². The molecule has 2 N–H and O–H groups in total. The highest BCUT2D eigenvalue weighted by Crippen LogP contribution is 2.44. The number of aliphatic carboxylic acids is 1. The quantitative estimate of drug-likeness (QED) is 0.441. The lowest BCUT2D eigenvalue weighted by Crippen LogP contribution is -2.66. The molecule has 10 nitrogen and oxygen atoms in total. The monoisotopic (exact) mass is 592 g/mol. The number of aliphatic hydroxyl groups is 1. The minimum atomic E-state index is -4.62. The SMILES string of the molecule is Cc1cc(Nc2nccc(C(F)(F)F)n2)cc(-c2cnc(C3(O)CCN(C(=O)OC(C)(C)C)C(C)(C(=O)[O-])C3)s2)c1. The van der Waals surface area contributed by atoms with E-state index >= 15 is 0 Å². The van der Waals surface area contributed by atoms with Crippen LogP contribution in [0.1, 0.15) is 56.8 Å². The zero-order valence-corrected chi connectivity index (χ0v) is 23.8. The summed E-state index contributed by atoms with van der Waals surface area (Å²) in [7, 11) is 0. The van der Waals surface area contributed by atoms with E-state index in [-0.39, 0.29) is 30.3 Å². The van der Waals surface area contributed by atoms with Crippen molar-refractivity contribution in [1.82, 2.24) is 19.9 Å². The Morgan fingerprint density at radius 1 is 1.20 bits per heavy atom. The average Bonchev–Trinajstić information content (AvgIpc) is 3.34. The number of aryl methyl sites for hydroxylation is 1. The molecule has 0 radical (unpaired) electrons. The molecule has 0 spiro atoms. The molecule has 14 heteroatoms. The summed E-state index contributed by atoms with van der Waals surface area (Å²) < 4.78 is 44.5. The van der Waals surface area contributed by atoms with Gasteiger partial charge in [0.2, 0.25) is 5.95 Å². The van der Waals surface area contributed by atoms with E-state index in [0.29, 0.717) is 16.1 Å². The minimum absolute atomic E-state index is 0.00950. The third kappa shape index (κ3) is 6.59. The molecule has 1 aliphatic heterocycles. The standard InChI is InChI=1S/C27H30F3N5O5S/c1-15-10-16(12-17(11-15)33-22-31-8-6-19(34-22)27(28,29)30)18-13-32-20(41-18)26(39)7-9-35(23(38)40-24(2,3)4)25(5,14-26)21(36)37/h6,8,10-13,39H,7,9,14H2,1-5H3,(H,36,37)(H,31,33,34)/p-1. The summed E-state index contributed by atoms with van der Waals surface area (Å²) in [6, 6.07) is 5.99. The fourth-order valence-electron chi connectivity index (χ4n) is 4.60. The summed E-state index contributed by atoms with van der Waals surface area (Å²) in [6.45, 7) is 7.99. The van der Waals surface area contributed by atoms with Crippen LogP contribution in [0.5, 0.6) is 0 Å². The molecule has 0 aliphatic carbocycles. The fourth-order valence-corrected chi connectivity index (χ4v) is 5.62. The van der Waals surface area contributed by atoms with Gasteiger partial charge in [0.15, 0.2) is 0 Å². The van der Waals surface area contributed by atoms with Crippen LogP contribution in [0.3, 0.4) is 0 Å². The summed E-state index contributed by atoms with van der Waals surface area (Å²) in [5.41, 5.74) is -3.61. The van der Waals surface area contributed by atoms with Crippen LogP contribution in [0, 0.1) is 6.92 Å². The summed E-state index contributed by atoms with van der Waals surface area (Å²) in [4.78, 5) is 38.5. The van der Waals surface area contributed by atoms with E-state index < -0.39 is 40.7 Å². The van der Waals surface area contributed by atoms with Crippen molar-refractivity contribution in [3.63, 3.8) is 0 Å². The van der Waals surface area contributed by atoms with E-state index in [0.717, 1.165) is 34.1 Å². The maximum atomic E-state index is 13.1. The van der Waals surface area contributed by atoms with E-state index in [1.807, 2.05) is 6.07 Å². The topological polar surface area (TPSA) is 141 Å². The lowest BCUT2D eigenvalue weighted by Gasteiger charge is -2.50. The van der Waals surface area contributed by atoms with Crippen LogP contribution in [0.4, 0.5) is 29.6 Å². The molecule has 41 heavy (non-hydrogen) atoms. The van der Waals surface area contributed by atoms with Gasteiger partial charge in [-0.3, -0.25) is 4.90 Å². The number of nitrogens with zero attached hydrogens (tertiary/aromatic N) is 4. The highest BCUT2D eigenvalue weighted by molar-refractivity contribution is 7.15. The number of nitrogens with one attached hydrogen (secondary N) is 1.